The third-order valence-corrected chi connectivity index (χ3v) is 5.19. The van der Waals surface area contributed by atoms with Crippen molar-refractivity contribution in [3.63, 3.8) is 0 Å². The molecule has 2 aromatic rings. The van der Waals surface area contributed by atoms with Crippen molar-refractivity contribution < 1.29 is 19.1 Å². The van der Waals surface area contributed by atoms with Crippen LogP contribution in [-0.4, -0.2) is 56.9 Å². The molecule has 6 nitrogen and oxygen atoms in total. The van der Waals surface area contributed by atoms with Crippen molar-refractivity contribution in [1.29, 1.82) is 0 Å². The van der Waals surface area contributed by atoms with Crippen LogP contribution in [0.4, 0.5) is 0 Å². The normalized spacial score (nSPS) is 16.7. The number of nitrogens with one attached hydrogen (secondary N) is 1. The third kappa shape index (κ3) is 3.01. The predicted octanol–water partition coefficient (Wildman–Crippen LogP) is 1.88. The largest absolute Gasteiger partial charge is 0.496 e. The maximum atomic E-state index is 13.2. The molecule has 0 saturated carbocycles. The minimum absolute atomic E-state index is 0.168. The van der Waals surface area contributed by atoms with Crippen LogP contribution in [0.3, 0.4) is 0 Å². The fraction of sp³-hybridized carbons (Fsp3) is 0.333. The van der Waals surface area contributed by atoms with Crippen molar-refractivity contribution >= 4 is 11.6 Å². The maximum absolute atomic E-state index is 13.2. The Balaban J connectivity index is 1.80. The van der Waals surface area contributed by atoms with E-state index >= 15 is 0 Å². The Bertz CT molecular complexity index is 917. The SMILES string of the molecule is COc1cccc2c1C(=O)c1c(OC)cc(CN3CCNCC3)cc1C2=O. The van der Waals surface area contributed by atoms with Crippen LogP contribution in [0.1, 0.15) is 37.4 Å². The Morgan fingerprint density at radius 3 is 2.33 bits per heavy atom. The van der Waals surface area contributed by atoms with E-state index in [2.05, 4.69) is 10.2 Å². The highest BCUT2D eigenvalue weighted by Crippen LogP contribution is 2.38. The zero-order valence-electron chi connectivity index (χ0n) is 15.5. The Labute approximate surface area is 158 Å². The van der Waals surface area contributed by atoms with Crippen molar-refractivity contribution in [3.8, 4) is 11.5 Å². The molecule has 0 bridgehead atoms. The topological polar surface area (TPSA) is 67.9 Å². The average Bonchev–Trinajstić information content (AvgIpc) is 2.71. The summed E-state index contributed by atoms with van der Waals surface area (Å²) in [6.45, 7) is 4.52. The molecule has 0 radical (unpaired) electrons. The number of methoxy groups -OCH3 is 2. The zero-order chi connectivity index (χ0) is 19.0. The van der Waals surface area contributed by atoms with E-state index in [-0.39, 0.29) is 11.6 Å². The van der Waals surface area contributed by atoms with Crippen LogP contribution in [0.5, 0.6) is 11.5 Å². The Kier molecular flexibility index (Phi) is 4.68. The number of ether oxygens (including phenoxy) is 2. The minimum Gasteiger partial charge on any atom is -0.496 e. The first-order chi connectivity index (χ1) is 13.1. The molecule has 0 spiro atoms. The van der Waals surface area contributed by atoms with E-state index in [4.69, 9.17) is 9.47 Å². The second-order valence-corrected chi connectivity index (χ2v) is 6.79. The number of piperazine rings is 1. The van der Waals surface area contributed by atoms with Gasteiger partial charge in [0.25, 0.3) is 0 Å². The summed E-state index contributed by atoms with van der Waals surface area (Å²) in [7, 11) is 3.02. The molecule has 0 aromatic heterocycles. The number of benzene rings is 2. The monoisotopic (exact) mass is 366 g/mol. The van der Waals surface area contributed by atoms with Crippen LogP contribution in [0.2, 0.25) is 0 Å². The standard InChI is InChI=1S/C21H22N2O4/c1-26-16-5-3-4-14-18(16)21(25)19-15(20(14)24)10-13(11-17(19)27-2)12-23-8-6-22-7-9-23/h3-5,10-11,22H,6-9,12H2,1-2H3. The Morgan fingerprint density at radius 2 is 1.63 bits per heavy atom. The second kappa shape index (κ2) is 7.13. The first-order valence-electron chi connectivity index (χ1n) is 9.04. The van der Waals surface area contributed by atoms with Crippen LogP contribution in [0, 0.1) is 0 Å². The number of nitrogens with zero attached hydrogens (tertiary/aromatic N) is 1. The van der Waals surface area contributed by atoms with Gasteiger partial charge in [0.2, 0.25) is 5.78 Å². The van der Waals surface area contributed by atoms with E-state index in [0.29, 0.717) is 33.8 Å². The summed E-state index contributed by atoms with van der Waals surface area (Å²) in [4.78, 5) is 28.7. The van der Waals surface area contributed by atoms with Gasteiger partial charge in [-0.05, 0) is 23.8 Å². The number of rotatable bonds is 4. The molecule has 1 fully saturated rings. The highest BCUT2D eigenvalue weighted by Gasteiger charge is 2.35. The summed E-state index contributed by atoms with van der Waals surface area (Å²) in [6, 6.07) is 8.81. The Hall–Kier alpha value is -2.70. The van der Waals surface area contributed by atoms with Crippen LogP contribution in [-0.2, 0) is 6.54 Å². The van der Waals surface area contributed by atoms with Gasteiger partial charge in [-0.3, -0.25) is 14.5 Å². The zero-order valence-corrected chi connectivity index (χ0v) is 15.5. The summed E-state index contributed by atoms with van der Waals surface area (Å²) in [5.74, 6) is 0.442. The molecular weight excluding hydrogens is 344 g/mol. The molecule has 0 atom stereocenters. The van der Waals surface area contributed by atoms with E-state index in [1.165, 1.54) is 14.2 Å². The molecule has 27 heavy (non-hydrogen) atoms. The smallest absolute Gasteiger partial charge is 0.201 e. The lowest BCUT2D eigenvalue weighted by atomic mass is 9.82. The van der Waals surface area contributed by atoms with E-state index in [1.807, 2.05) is 12.1 Å². The molecule has 1 N–H and O–H groups in total. The Morgan fingerprint density at radius 1 is 0.926 bits per heavy atom. The molecule has 0 unspecified atom stereocenters. The van der Waals surface area contributed by atoms with Crippen LogP contribution < -0.4 is 14.8 Å². The van der Waals surface area contributed by atoms with Gasteiger partial charge in [-0.1, -0.05) is 12.1 Å². The number of fused-ring (bicyclic) bond motifs is 2. The summed E-state index contributed by atoms with van der Waals surface area (Å²) in [5.41, 5.74) is 2.40. The van der Waals surface area contributed by atoms with Crippen LogP contribution >= 0.6 is 0 Å². The number of hydrogen-bond donors (Lipinski definition) is 1. The summed E-state index contributed by atoms with van der Waals surface area (Å²) in [5, 5.41) is 3.33. The van der Waals surface area contributed by atoms with Gasteiger partial charge in [-0.2, -0.15) is 0 Å². The van der Waals surface area contributed by atoms with E-state index in [1.54, 1.807) is 18.2 Å². The quantitative estimate of drug-likeness (QED) is 0.761. The number of carbonyl (C=O) groups is 2. The number of hydrogen-bond acceptors (Lipinski definition) is 6. The lowest BCUT2D eigenvalue weighted by molar-refractivity contribution is 0.0973. The molecule has 1 heterocycles. The second-order valence-electron chi connectivity index (χ2n) is 6.79. The van der Waals surface area contributed by atoms with Crippen molar-refractivity contribution in [1.82, 2.24) is 10.2 Å². The fourth-order valence-electron chi connectivity index (χ4n) is 3.86. The van der Waals surface area contributed by atoms with Gasteiger partial charge in [0.15, 0.2) is 5.78 Å². The average molecular weight is 366 g/mol. The molecular formula is C21H22N2O4. The van der Waals surface area contributed by atoms with Gasteiger partial charge in [-0.15, -0.1) is 0 Å². The highest BCUT2D eigenvalue weighted by atomic mass is 16.5. The summed E-state index contributed by atoms with van der Waals surface area (Å²) >= 11 is 0. The maximum Gasteiger partial charge on any atom is 0.201 e. The van der Waals surface area contributed by atoms with Crippen LogP contribution in [0.15, 0.2) is 30.3 Å². The van der Waals surface area contributed by atoms with Gasteiger partial charge in [0.05, 0.1) is 25.3 Å². The van der Waals surface area contributed by atoms with Crippen molar-refractivity contribution in [2.75, 3.05) is 40.4 Å². The minimum atomic E-state index is -0.234. The first-order valence-corrected chi connectivity index (χ1v) is 9.04. The molecule has 2 aliphatic rings. The van der Waals surface area contributed by atoms with Crippen molar-refractivity contribution in [3.05, 3.63) is 58.1 Å². The lowest BCUT2D eigenvalue weighted by Crippen LogP contribution is -2.42. The highest BCUT2D eigenvalue weighted by molar-refractivity contribution is 6.30. The molecule has 1 aliphatic carbocycles. The molecule has 1 aliphatic heterocycles. The predicted molar refractivity (Wildman–Crippen MR) is 101 cm³/mol. The van der Waals surface area contributed by atoms with Gasteiger partial charge in [0.1, 0.15) is 11.5 Å². The molecule has 1 saturated heterocycles. The van der Waals surface area contributed by atoms with Crippen molar-refractivity contribution in [2.45, 2.75) is 6.54 Å². The number of carbonyl (C=O) groups excluding carboxylic acids is 2. The molecule has 0 amide bonds. The van der Waals surface area contributed by atoms with Gasteiger partial charge in [0, 0.05) is 43.9 Å². The van der Waals surface area contributed by atoms with Gasteiger partial charge < -0.3 is 14.8 Å². The fourth-order valence-corrected chi connectivity index (χ4v) is 3.86. The summed E-state index contributed by atoms with van der Waals surface area (Å²) < 4.78 is 10.8. The van der Waals surface area contributed by atoms with E-state index < -0.39 is 0 Å². The molecule has 140 valence electrons. The first kappa shape index (κ1) is 17.7. The third-order valence-electron chi connectivity index (χ3n) is 5.19. The van der Waals surface area contributed by atoms with Crippen molar-refractivity contribution in [2.24, 2.45) is 0 Å². The molecule has 2 aromatic carbocycles. The molecule has 6 heteroatoms. The summed E-state index contributed by atoms with van der Waals surface area (Å²) in [6.07, 6.45) is 0. The number of ketones is 2. The van der Waals surface area contributed by atoms with Gasteiger partial charge in [-0.25, -0.2) is 0 Å². The van der Waals surface area contributed by atoms with E-state index in [0.717, 1.165) is 38.3 Å². The van der Waals surface area contributed by atoms with Gasteiger partial charge >= 0.3 is 0 Å². The molecule has 4 rings (SSSR count). The van der Waals surface area contributed by atoms with Crippen LogP contribution in [0.25, 0.3) is 0 Å². The lowest BCUT2D eigenvalue weighted by Gasteiger charge is -2.28. The van der Waals surface area contributed by atoms with E-state index in [9.17, 15) is 9.59 Å².